The summed E-state index contributed by atoms with van der Waals surface area (Å²) in [6.07, 6.45) is 6.68. The third-order valence-corrected chi connectivity index (χ3v) is 6.08. The van der Waals surface area contributed by atoms with Gasteiger partial charge >= 0.3 is 0 Å². The fraction of sp³-hybridized carbons (Fsp3) is 0.500. The molecule has 0 atom stereocenters. The van der Waals surface area contributed by atoms with Crippen LogP contribution in [0.15, 0.2) is 41.1 Å². The van der Waals surface area contributed by atoms with Crippen LogP contribution in [0.1, 0.15) is 41.8 Å². The van der Waals surface area contributed by atoms with Gasteiger partial charge in [0.05, 0.1) is 11.8 Å². The lowest BCUT2D eigenvalue weighted by molar-refractivity contribution is -0.137. The number of nitrogens with zero attached hydrogens (tertiary/aromatic N) is 3. The molecule has 1 aliphatic heterocycles. The first-order valence-corrected chi connectivity index (χ1v) is 10.4. The van der Waals surface area contributed by atoms with Crippen LogP contribution in [0.25, 0.3) is 0 Å². The average molecular weight is 396 g/mol. The summed E-state index contributed by atoms with van der Waals surface area (Å²) < 4.78 is 5.21. The molecule has 1 aliphatic carbocycles. The van der Waals surface area contributed by atoms with Gasteiger partial charge in [0, 0.05) is 44.3 Å². The number of hydrogen-bond donors (Lipinski definition) is 1. The van der Waals surface area contributed by atoms with Crippen LogP contribution in [-0.2, 0) is 4.79 Å². The summed E-state index contributed by atoms with van der Waals surface area (Å²) in [5.41, 5.74) is 0.592. The third-order valence-electron chi connectivity index (χ3n) is 6.08. The summed E-state index contributed by atoms with van der Waals surface area (Å²) in [6.45, 7) is 4.91. The van der Waals surface area contributed by atoms with Crippen molar-refractivity contribution >= 4 is 17.6 Å². The van der Waals surface area contributed by atoms with Gasteiger partial charge in [-0.05, 0) is 50.8 Å². The Morgan fingerprint density at radius 2 is 1.83 bits per heavy atom. The molecule has 7 nitrogen and oxygen atoms in total. The first-order valence-electron chi connectivity index (χ1n) is 10.4. The molecule has 2 fully saturated rings. The van der Waals surface area contributed by atoms with E-state index in [1.54, 1.807) is 19.2 Å². The van der Waals surface area contributed by atoms with Crippen LogP contribution in [0.4, 0.5) is 5.82 Å². The Kier molecular flexibility index (Phi) is 5.83. The highest BCUT2D eigenvalue weighted by atomic mass is 16.3. The van der Waals surface area contributed by atoms with E-state index < -0.39 is 0 Å². The fourth-order valence-corrected chi connectivity index (χ4v) is 4.32. The van der Waals surface area contributed by atoms with Gasteiger partial charge in [-0.25, -0.2) is 4.98 Å². The molecule has 0 unspecified atom stereocenters. The normalized spacial score (nSPS) is 22.4. The summed E-state index contributed by atoms with van der Waals surface area (Å²) in [4.78, 5) is 33.9. The summed E-state index contributed by atoms with van der Waals surface area (Å²) in [6, 6.07) is 7.74. The lowest BCUT2D eigenvalue weighted by Crippen LogP contribution is -2.51. The van der Waals surface area contributed by atoms with Gasteiger partial charge in [0.25, 0.3) is 5.91 Å². The molecule has 2 aromatic heterocycles. The Morgan fingerprint density at radius 3 is 2.45 bits per heavy atom. The number of hydrogen-bond acceptors (Lipinski definition) is 5. The van der Waals surface area contributed by atoms with E-state index in [0.717, 1.165) is 57.7 Å². The predicted molar refractivity (Wildman–Crippen MR) is 110 cm³/mol. The zero-order valence-electron chi connectivity index (χ0n) is 16.8. The molecule has 3 heterocycles. The van der Waals surface area contributed by atoms with Crippen LogP contribution in [-0.4, -0.2) is 53.9 Å². The number of aromatic nitrogens is 1. The molecule has 1 saturated heterocycles. The topological polar surface area (TPSA) is 78.7 Å². The van der Waals surface area contributed by atoms with Crippen molar-refractivity contribution in [3.63, 3.8) is 0 Å². The zero-order chi connectivity index (χ0) is 20.2. The van der Waals surface area contributed by atoms with E-state index in [0.29, 0.717) is 11.3 Å². The standard InChI is InChI=1S/C22H28N4O3/c1-16-19(9-15-29-16)21(27)24-18-7-5-17(6-8-18)22(28)26-13-11-25(12-14-26)20-4-2-3-10-23-20/h2-4,9-10,15,17-18H,5-8,11-14H2,1H3,(H,24,27). The van der Waals surface area contributed by atoms with Crippen LogP contribution < -0.4 is 10.2 Å². The smallest absolute Gasteiger partial charge is 0.255 e. The minimum Gasteiger partial charge on any atom is -0.469 e. The second kappa shape index (κ2) is 8.68. The maximum atomic E-state index is 12.9. The minimum absolute atomic E-state index is 0.0696. The number of amides is 2. The highest BCUT2D eigenvalue weighted by Crippen LogP contribution is 2.27. The van der Waals surface area contributed by atoms with Gasteiger partial charge in [-0.2, -0.15) is 0 Å². The number of furan rings is 1. The van der Waals surface area contributed by atoms with Crippen molar-refractivity contribution in [2.75, 3.05) is 31.1 Å². The van der Waals surface area contributed by atoms with Crippen molar-refractivity contribution < 1.29 is 14.0 Å². The van der Waals surface area contributed by atoms with Gasteiger partial charge in [0.15, 0.2) is 0 Å². The number of pyridine rings is 1. The summed E-state index contributed by atoms with van der Waals surface area (Å²) >= 11 is 0. The molecule has 1 N–H and O–H groups in total. The number of aryl methyl sites for hydroxylation is 1. The van der Waals surface area contributed by atoms with Crippen molar-refractivity contribution in [1.82, 2.24) is 15.2 Å². The molecular formula is C22H28N4O3. The highest BCUT2D eigenvalue weighted by Gasteiger charge is 2.32. The van der Waals surface area contributed by atoms with Crippen molar-refractivity contribution in [2.24, 2.45) is 5.92 Å². The predicted octanol–water partition coefficient (Wildman–Crippen LogP) is 2.62. The van der Waals surface area contributed by atoms with Gasteiger partial charge in [-0.15, -0.1) is 0 Å². The van der Waals surface area contributed by atoms with Crippen molar-refractivity contribution in [1.29, 1.82) is 0 Å². The molecule has 154 valence electrons. The number of carbonyl (C=O) groups is 2. The Hall–Kier alpha value is -2.83. The SMILES string of the molecule is Cc1occc1C(=O)NC1CCC(C(=O)N2CCN(c3ccccn3)CC2)CC1. The van der Waals surface area contributed by atoms with E-state index in [1.807, 2.05) is 23.1 Å². The van der Waals surface area contributed by atoms with Gasteiger partial charge < -0.3 is 19.5 Å². The van der Waals surface area contributed by atoms with Crippen LogP contribution in [0.2, 0.25) is 0 Å². The Labute approximate surface area is 171 Å². The lowest BCUT2D eigenvalue weighted by Gasteiger charge is -2.38. The van der Waals surface area contributed by atoms with E-state index in [-0.39, 0.29) is 23.8 Å². The first-order chi connectivity index (χ1) is 14.1. The van der Waals surface area contributed by atoms with E-state index in [1.165, 1.54) is 6.26 Å². The minimum atomic E-state index is -0.0864. The average Bonchev–Trinajstić information content (AvgIpc) is 3.20. The van der Waals surface area contributed by atoms with Crippen molar-refractivity contribution in [3.8, 4) is 0 Å². The van der Waals surface area contributed by atoms with E-state index >= 15 is 0 Å². The van der Waals surface area contributed by atoms with Gasteiger partial charge in [-0.1, -0.05) is 6.07 Å². The second-order valence-corrected chi connectivity index (χ2v) is 7.91. The van der Waals surface area contributed by atoms with Crippen LogP contribution in [0, 0.1) is 12.8 Å². The molecular weight excluding hydrogens is 368 g/mol. The van der Waals surface area contributed by atoms with Crippen LogP contribution >= 0.6 is 0 Å². The molecule has 0 aromatic carbocycles. The number of carbonyl (C=O) groups excluding carboxylic acids is 2. The lowest BCUT2D eigenvalue weighted by atomic mass is 9.85. The molecule has 0 spiro atoms. The molecule has 2 amide bonds. The highest BCUT2D eigenvalue weighted by molar-refractivity contribution is 5.95. The quantitative estimate of drug-likeness (QED) is 0.860. The van der Waals surface area contributed by atoms with Crippen LogP contribution in [0.5, 0.6) is 0 Å². The summed E-state index contributed by atoms with van der Waals surface area (Å²) in [5.74, 6) is 1.86. The number of rotatable bonds is 4. The maximum Gasteiger partial charge on any atom is 0.255 e. The zero-order valence-corrected chi connectivity index (χ0v) is 16.8. The van der Waals surface area contributed by atoms with E-state index in [9.17, 15) is 9.59 Å². The molecule has 0 radical (unpaired) electrons. The van der Waals surface area contributed by atoms with Crippen molar-refractivity contribution in [2.45, 2.75) is 38.6 Å². The van der Waals surface area contributed by atoms with E-state index in [2.05, 4.69) is 15.2 Å². The van der Waals surface area contributed by atoms with Crippen LogP contribution in [0.3, 0.4) is 0 Å². The molecule has 7 heteroatoms. The maximum absolute atomic E-state index is 12.9. The van der Waals surface area contributed by atoms with E-state index in [4.69, 9.17) is 4.42 Å². The largest absolute Gasteiger partial charge is 0.469 e. The summed E-state index contributed by atoms with van der Waals surface area (Å²) in [7, 11) is 0. The monoisotopic (exact) mass is 396 g/mol. The first kappa shape index (κ1) is 19.5. The number of anilines is 1. The number of piperazine rings is 1. The molecule has 4 rings (SSSR count). The fourth-order valence-electron chi connectivity index (χ4n) is 4.32. The van der Waals surface area contributed by atoms with Gasteiger partial charge in [-0.3, -0.25) is 9.59 Å². The summed E-state index contributed by atoms with van der Waals surface area (Å²) in [5, 5.41) is 3.09. The van der Waals surface area contributed by atoms with Crippen molar-refractivity contribution in [3.05, 3.63) is 48.0 Å². The Morgan fingerprint density at radius 1 is 1.07 bits per heavy atom. The van der Waals surface area contributed by atoms with Gasteiger partial charge in [0.2, 0.25) is 5.91 Å². The Balaban J connectivity index is 1.23. The number of nitrogens with one attached hydrogen (secondary N) is 1. The molecule has 1 saturated carbocycles. The molecule has 29 heavy (non-hydrogen) atoms. The third kappa shape index (κ3) is 4.44. The Bertz CT molecular complexity index is 835. The molecule has 2 aliphatic rings. The molecule has 0 bridgehead atoms. The molecule has 2 aromatic rings. The van der Waals surface area contributed by atoms with Gasteiger partial charge in [0.1, 0.15) is 11.6 Å². The second-order valence-electron chi connectivity index (χ2n) is 7.91.